The zero-order valence-corrected chi connectivity index (χ0v) is 15.7. The normalized spacial score (nSPS) is 19.5. The molecule has 1 saturated heterocycles. The van der Waals surface area contributed by atoms with E-state index in [0.29, 0.717) is 6.61 Å². The lowest BCUT2D eigenvalue weighted by Crippen LogP contribution is -2.33. The highest BCUT2D eigenvalue weighted by atomic mass is 16.5. The van der Waals surface area contributed by atoms with Crippen LogP contribution in [0.2, 0.25) is 0 Å². The van der Waals surface area contributed by atoms with E-state index in [1.165, 1.54) is 5.56 Å². The largest absolute Gasteiger partial charge is 0.491 e. The summed E-state index contributed by atoms with van der Waals surface area (Å²) in [6, 6.07) is 18.0. The molecule has 0 bridgehead atoms. The van der Waals surface area contributed by atoms with Crippen LogP contribution in [0, 0.1) is 0 Å². The predicted octanol–water partition coefficient (Wildman–Crippen LogP) is 3.80. The van der Waals surface area contributed by atoms with Crippen molar-refractivity contribution in [3.05, 3.63) is 65.7 Å². The molecular formula is C22H29NO3. The summed E-state index contributed by atoms with van der Waals surface area (Å²) in [6.45, 7) is 4.31. The second kappa shape index (κ2) is 9.17. The van der Waals surface area contributed by atoms with Gasteiger partial charge in [0.15, 0.2) is 0 Å². The van der Waals surface area contributed by atoms with Gasteiger partial charge in [0, 0.05) is 19.2 Å². The topological polar surface area (TPSA) is 41.9 Å². The van der Waals surface area contributed by atoms with Crippen molar-refractivity contribution >= 4 is 0 Å². The predicted molar refractivity (Wildman–Crippen MR) is 103 cm³/mol. The maximum Gasteiger partial charge on any atom is 0.119 e. The van der Waals surface area contributed by atoms with E-state index >= 15 is 0 Å². The number of rotatable bonds is 8. The first-order chi connectivity index (χ1) is 12.6. The summed E-state index contributed by atoms with van der Waals surface area (Å²) < 4.78 is 11.4. The van der Waals surface area contributed by atoms with Gasteiger partial charge in [-0.2, -0.15) is 0 Å². The van der Waals surface area contributed by atoms with Crippen molar-refractivity contribution in [2.45, 2.75) is 44.6 Å². The Morgan fingerprint density at radius 2 is 1.88 bits per heavy atom. The Bertz CT molecular complexity index is 653. The molecule has 1 N–H and O–H groups in total. The lowest BCUT2D eigenvalue weighted by molar-refractivity contribution is 0.0675. The fourth-order valence-corrected chi connectivity index (χ4v) is 3.26. The lowest BCUT2D eigenvalue weighted by atomic mass is 10.0. The molecule has 3 rings (SSSR count). The standard InChI is InChI=1S/C22H29NO3/c1-17(22(24)19-7-4-3-5-8-19)23(2)15-18-10-12-20(13-11-18)26-16-21-9-6-14-25-21/h3-5,7-8,10-13,17,21-22,24H,6,9,14-16H2,1-2H3. The molecule has 4 nitrogen and oxygen atoms in total. The summed E-state index contributed by atoms with van der Waals surface area (Å²) in [5.74, 6) is 0.879. The molecule has 0 amide bonds. The van der Waals surface area contributed by atoms with Gasteiger partial charge in [-0.1, -0.05) is 42.5 Å². The molecule has 4 heteroatoms. The fourth-order valence-electron chi connectivity index (χ4n) is 3.26. The molecule has 0 aromatic heterocycles. The Morgan fingerprint density at radius 1 is 1.15 bits per heavy atom. The minimum absolute atomic E-state index is 0.0211. The van der Waals surface area contributed by atoms with Crippen LogP contribution in [0.4, 0.5) is 0 Å². The van der Waals surface area contributed by atoms with Gasteiger partial charge >= 0.3 is 0 Å². The molecule has 1 heterocycles. The van der Waals surface area contributed by atoms with Gasteiger partial charge in [0.1, 0.15) is 12.4 Å². The number of aliphatic hydroxyl groups is 1. The first-order valence-corrected chi connectivity index (χ1v) is 9.40. The molecule has 140 valence electrons. The van der Waals surface area contributed by atoms with Gasteiger partial charge in [0.05, 0.1) is 12.2 Å². The number of nitrogens with zero attached hydrogens (tertiary/aromatic N) is 1. The van der Waals surface area contributed by atoms with E-state index in [0.717, 1.165) is 37.3 Å². The molecule has 0 radical (unpaired) electrons. The number of ether oxygens (including phenoxy) is 2. The zero-order valence-electron chi connectivity index (χ0n) is 15.7. The van der Waals surface area contributed by atoms with Crippen LogP contribution in [0.5, 0.6) is 5.75 Å². The summed E-state index contributed by atoms with van der Waals surface area (Å²) in [5, 5.41) is 10.6. The van der Waals surface area contributed by atoms with Crippen molar-refractivity contribution in [2.24, 2.45) is 0 Å². The van der Waals surface area contributed by atoms with Crippen LogP contribution in [0.3, 0.4) is 0 Å². The van der Waals surface area contributed by atoms with Gasteiger partial charge in [0.25, 0.3) is 0 Å². The quantitative estimate of drug-likeness (QED) is 0.782. The van der Waals surface area contributed by atoms with Gasteiger partial charge in [-0.05, 0) is 50.1 Å². The first kappa shape index (κ1) is 18.9. The summed E-state index contributed by atoms with van der Waals surface area (Å²) in [4.78, 5) is 2.17. The average molecular weight is 355 g/mol. The number of hydrogen-bond acceptors (Lipinski definition) is 4. The highest BCUT2D eigenvalue weighted by Gasteiger charge is 2.20. The van der Waals surface area contributed by atoms with Crippen LogP contribution in [0.25, 0.3) is 0 Å². The molecule has 1 fully saturated rings. The molecular weight excluding hydrogens is 326 g/mol. The Kier molecular flexibility index (Phi) is 6.67. The Hall–Kier alpha value is -1.88. The SMILES string of the molecule is CC(C(O)c1ccccc1)N(C)Cc1ccc(OCC2CCCO2)cc1. The van der Waals surface area contributed by atoms with Crippen molar-refractivity contribution < 1.29 is 14.6 Å². The minimum Gasteiger partial charge on any atom is -0.491 e. The summed E-state index contributed by atoms with van der Waals surface area (Å²) in [7, 11) is 2.04. The van der Waals surface area contributed by atoms with E-state index in [9.17, 15) is 5.11 Å². The van der Waals surface area contributed by atoms with E-state index in [2.05, 4.69) is 24.0 Å². The average Bonchev–Trinajstić information content (AvgIpc) is 3.20. The highest BCUT2D eigenvalue weighted by molar-refractivity contribution is 5.27. The van der Waals surface area contributed by atoms with Gasteiger partial charge in [0.2, 0.25) is 0 Å². The van der Waals surface area contributed by atoms with Crippen LogP contribution in [-0.2, 0) is 11.3 Å². The summed E-state index contributed by atoms with van der Waals surface area (Å²) in [6.07, 6.45) is 1.95. The molecule has 3 atom stereocenters. The second-order valence-electron chi connectivity index (χ2n) is 7.10. The molecule has 26 heavy (non-hydrogen) atoms. The maximum atomic E-state index is 10.6. The maximum absolute atomic E-state index is 10.6. The van der Waals surface area contributed by atoms with Crippen molar-refractivity contribution in [1.82, 2.24) is 4.90 Å². The van der Waals surface area contributed by atoms with E-state index in [4.69, 9.17) is 9.47 Å². The third-order valence-corrected chi connectivity index (χ3v) is 5.11. The second-order valence-corrected chi connectivity index (χ2v) is 7.10. The van der Waals surface area contributed by atoms with E-state index in [-0.39, 0.29) is 12.1 Å². The number of aliphatic hydroxyl groups excluding tert-OH is 1. The molecule has 2 aromatic carbocycles. The van der Waals surface area contributed by atoms with E-state index < -0.39 is 6.10 Å². The van der Waals surface area contributed by atoms with E-state index in [1.54, 1.807) is 0 Å². The van der Waals surface area contributed by atoms with Crippen LogP contribution in [-0.4, -0.2) is 42.4 Å². The van der Waals surface area contributed by atoms with Gasteiger partial charge in [-0.15, -0.1) is 0 Å². The van der Waals surface area contributed by atoms with E-state index in [1.807, 2.05) is 49.5 Å². The van der Waals surface area contributed by atoms with Crippen LogP contribution in [0.1, 0.15) is 37.0 Å². The third-order valence-electron chi connectivity index (χ3n) is 5.11. The smallest absolute Gasteiger partial charge is 0.119 e. The highest BCUT2D eigenvalue weighted by Crippen LogP contribution is 2.22. The van der Waals surface area contributed by atoms with Crippen molar-refractivity contribution in [3.8, 4) is 5.75 Å². The molecule has 0 spiro atoms. The van der Waals surface area contributed by atoms with Gasteiger partial charge < -0.3 is 14.6 Å². The summed E-state index contributed by atoms with van der Waals surface area (Å²) >= 11 is 0. The molecule has 3 unspecified atom stereocenters. The molecule has 1 aliphatic heterocycles. The van der Waals surface area contributed by atoms with Gasteiger partial charge in [-0.25, -0.2) is 0 Å². The van der Waals surface area contributed by atoms with Crippen molar-refractivity contribution in [1.29, 1.82) is 0 Å². The Balaban J connectivity index is 1.51. The van der Waals surface area contributed by atoms with Crippen molar-refractivity contribution in [2.75, 3.05) is 20.3 Å². The first-order valence-electron chi connectivity index (χ1n) is 9.40. The third kappa shape index (κ3) is 5.07. The Labute approximate surface area is 156 Å². The fraction of sp³-hybridized carbons (Fsp3) is 0.455. The van der Waals surface area contributed by atoms with Crippen molar-refractivity contribution in [3.63, 3.8) is 0 Å². The number of hydrogen-bond donors (Lipinski definition) is 1. The monoisotopic (exact) mass is 355 g/mol. The minimum atomic E-state index is -0.504. The van der Waals surface area contributed by atoms with Crippen LogP contribution >= 0.6 is 0 Å². The lowest BCUT2D eigenvalue weighted by Gasteiger charge is -2.29. The summed E-state index contributed by atoms with van der Waals surface area (Å²) in [5.41, 5.74) is 2.15. The van der Waals surface area contributed by atoms with Crippen LogP contribution in [0.15, 0.2) is 54.6 Å². The Morgan fingerprint density at radius 3 is 2.54 bits per heavy atom. The van der Waals surface area contributed by atoms with Crippen LogP contribution < -0.4 is 4.74 Å². The molecule has 1 aliphatic rings. The molecule has 2 aromatic rings. The molecule has 0 saturated carbocycles. The number of benzene rings is 2. The zero-order chi connectivity index (χ0) is 18.4. The van der Waals surface area contributed by atoms with Gasteiger partial charge in [-0.3, -0.25) is 4.90 Å². The number of likely N-dealkylation sites (N-methyl/N-ethyl adjacent to an activating group) is 1. The molecule has 0 aliphatic carbocycles.